The first-order valence-electron chi connectivity index (χ1n) is 5.39. The third-order valence-electron chi connectivity index (χ3n) is 2.43. The van der Waals surface area contributed by atoms with Crippen LogP contribution in [0.1, 0.15) is 15.9 Å². The Hall–Kier alpha value is -1.59. The molecular formula is C13H10BrClN2O2. The van der Waals surface area contributed by atoms with Crippen LogP contribution in [-0.4, -0.2) is 16.0 Å². The first kappa shape index (κ1) is 13.8. The first-order chi connectivity index (χ1) is 8.97. The van der Waals surface area contributed by atoms with Crippen LogP contribution >= 0.6 is 27.5 Å². The van der Waals surface area contributed by atoms with Gasteiger partial charge in [-0.2, -0.15) is 0 Å². The van der Waals surface area contributed by atoms with Gasteiger partial charge in [0, 0.05) is 10.7 Å². The van der Waals surface area contributed by atoms with E-state index < -0.39 is 5.91 Å². The molecular weight excluding hydrogens is 332 g/mol. The van der Waals surface area contributed by atoms with Crippen molar-refractivity contribution in [2.24, 2.45) is 0 Å². The number of hydrogen-bond donors (Lipinski definition) is 2. The number of anilines is 1. The second kappa shape index (κ2) is 5.59. The second-order valence-corrected chi connectivity index (χ2v) is 5.24. The molecule has 1 aromatic heterocycles. The summed E-state index contributed by atoms with van der Waals surface area (Å²) >= 11 is 9.11. The van der Waals surface area contributed by atoms with Crippen LogP contribution < -0.4 is 5.32 Å². The maximum absolute atomic E-state index is 12.0. The molecule has 98 valence electrons. The molecule has 0 aliphatic carbocycles. The lowest BCUT2D eigenvalue weighted by Gasteiger charge is -2.08. The van der Waals surface area contributed by atoms with E-state index >= 15 is 0 Å². The van der Waals surface area contributed by atoms with E-state index in [4.69, 9.17) is 11.6 Å². The number of aromatic hydroxyl groups is 1. The summed E-state index contributed by atoms with van der Waals surface area (Å²) in [6.07, 6.45) is 1.61. The lowest BCUT2D eigenvalue weighted by molar-refractivity contribution is 0.102. The maximum atomic E-state index is 12.0. The molecule has 6 heteroatoms. The van der Waals surface area contributed by atoms with E-state index in [1.165, 1.54) is 12.1 Å². The average molecular weight is 342 g/mol. The summed E-state index contributed by atoms with van der Waals surface area (Å²) in [4.78, 5) is 16.0. The number of benzene rings is 1. The molecule has 1 amide bonds. The number of halogens is 2. The molecule has 0 saturated carbocycles. The molecule has 2 aromatic rings. The van der Waals surface area contributed by atoms with E-state index in [1.807, 2.05) is 6.92 Å². The van der Waals surface area contributed by atoms with Crippen LogP contribution in [0.3, 0.4) is 0 Å². The highest BCUT2D eigenvalue weighted by atomic mass is 79.9. The van der Waals surface area contributed by atoms with E-state index in [0.717, 1.165) is 5.56 Å². The van der Waals surface area contributed by atoms with E-state index in [0.29, 0.717) is 10.2 Å². The van der Waals surface area contributed by atoms with Gasteiger partial charge in [-0.05, 0) is 36.8 Å². The minimum absolute atomic E-state index is 0.108. The van der Waals surface area contributed by atoms with Crippen LogP contribution in [0, 0.1) is 6.92 Å². The van der Waals surface area contributed by atoms with E-state index in [1.54, 1.807) is 18.3 Å². The first-order valence-corrected chi connectivity index (χ1v) is 6.56. The summed E-state index contributed by atoms with van der Waals surface area (Å²) in [6.45, 7) is 1.84. The molecule has 1 heterocycles. The number of nitrogens with zero attached hydrogens (tertiary/aromatic N) is 1. The summed E-state index contributed by atoms with van der Waals surface area (Å²) < 4.78 is 0.691. The Bertz CT molecular complexity index is 647. The fourth-order valence-electron chi connectivity index (χ4n) is 1.53. The van der Waals surface area contributed by atoms with Gasteiger partial charge in [-0.15, -0.1) is 0 Å². The number of carbonyl (C=O) groups is 1. The van der Waals surface area contributed by atoms with Crippen molar-refractivity contribution in [3.63, 3.8) is 0 Å². The lowest BCUT2D eigenvalue weighted by Crippen LogP contribution is -2.12. The Morgan fingerprint density at radius 3 is 2.84 bits per heavy atom. The van der Waals surface area contributed by atoms with Gasteiger partial charge in [0.25, 0.3) is 5.91 Å². The molecule has 0 radical (unpaired) electrons. The standard InChI is InChI=1S/C13H10BrClN2O2/c1-7-4-10(12(15)16-6-7)17-13(19)9-3-2-8(14)5-11(9)18/h2-6,18H,1H3,(H,17,19). The van der Waals surface area contributed by atoms with Gasteiger partial charge in [-0.25, -0.2) is 4.98 Å². The monoisotopic (exact) mass is 340 g/mol. The smallest absolute Gasteiger partial charge is 0.259 e. The number of carbonyl (C=O) groups excluding carboxylic acids is 1. The van der Waals surface area contributed by atoms with Gasteiger partial charge in [0.2, 0.25) is 0 Å². The maximum Gasteiger partial charge on any atom is 0.259 e. The molecule has 0 fully saturated rings. The zero-order chi connectivity index (χ0) is 14.0. The number of phenols is 1. The molecule has 1 aromatic carbocycles. The average Bonchev–Trinajstić information content (AvgIpc) is 2.33. The summed E-state index contributed by atoms with van der Waals surface area (Å²) in [7, 11) is 0. The number of rotatable bonds is 2. The van der Waals surface area contributed by atoms with Crippen molar-refractivity contribution in [3.05, 3.63) is 51.2 Å². The summed E-state index contributed by atoms with van der Waals surface area (Å²) in [5, 5.41) is 12.5. The molecule has 0 spiro atoms. The van der Waals surface area contributed by atoms with E-state index in [2.05, 4.69) is 26.2 Å². The third-order valence-corrected chi connectivity index (χ3v) is 3.22. The van der Waals surface area contributed by atoms with Crippen LogP contribution in [0.15, 0.2) is 34.9 Å². The summed E-state index contributed by atoms with van der Waals surface area (Å²) in [5.74, 6) is -0.553. The second-order valence-electron chi connectivity index (χ2n) is 3.97. The predicted molar refractivity (Wildman–Crippen MR) is 77.7 cm³/mol. The van der Waals surface area contributed by atoms with E-state index in [-0.39, 0.29) is 16.5 Å². The van der Waals surface area contributed by atoms with Crippen LogP contribution in [0.2, 0.25) is 5.15 Å². The van der Waals surface area contributed by atoms with Crippen molar-refractivity contribution in [2.45, 2.75) is 6.92 Å². The van der Waals surface area contributed by atoms with Gasteiger partial charge in [-0.3, -0.25) is 4.79 Å². The lowest BCUT2D eigenvalue weighted by atomic mass is 10.2. The van der Waals surface area contributed by atoms with Gasteiger partial charge in [0.15, 0.2) is 5.15 Å². The number of pyridine rings is 1. The molecule has 0 unspecified atom stereocenters. The van der Waals surface area contributed by atoms with Gasteiger partial charge in [-0.1, -0.05) is 27.5 Å². The van der Waals surface area contributed by atoms with Crippen molar-refractivity contribution in [3.8, 4) is 5.75 Å². The Morgan fingerprint density at radius 2 is 2.16 bits per heavy atom. The minimum Gasteiger partial charge on any atom is -0.507 e. The third kappa shape index (κ3) is 3.24. The molecule has 2 N–H and O–H groups in total. The molecule has 4 nitrogen and oxygen atoms in total. The number of phenolic OH excluding ortho intramolecular Hbond substituents is 1. The van der Waals surface area contributed by atoms with Crippen molar-refractivity contribution >= 4 is 39.1 Å². The van der Waals surface area contributed by atoms with Crippen LogP contribution in [-0.2, 0) is 0 Å². The zero-order valence-corrected chi connectivity index (χ0v) is 12.3. The summed E-state index contributed by atoms with van der Waals surface area (Å²) in [5.41, 5.74) is 1.45. The molecule has 0 bridgehead atoms. The van der Waals surface area contributed by atoms with Crippen LogP contribution in [0.5, 0.6) is 5.75 Å². The van der Waals surface area contributed by atoms with Crippen LogP contribution in [0.4, 0.5) is 5.69 Å². The molecule has 19 heavy (non-hydrogen) atoms. The van der Waals surface area contributed by atoms with Gasteiger partial charge < -0.3 is 10.4 Å². The Morgan fingerprint density at radius 1 is 1.42 bits per heavy atom. The zero-order valence-electron chi connectivity index (χ0n) is 9.95. The highest BCUT2D eigenvalue weighted by molar-refractivity contribution is 9.10. The fourth-order valence-corrected chi connectivity index (χ4v) is 2.03. The normalized spacial score (nSPS) is 10.3. The number of nitrogens with one attached hydrogen (secondary N) is 1. The largest absolute Gasteiger partial charge is 0.507 e. The Kier molecular flexibility index (Phi) is 4.07. The number of amides is 1. The number of aryl methyl sites for hydroxylation is 1. The van der Waals surface area contributed by atoms with Crippen molar-refractivity contribution in [1.29, 1.82) is 0 Å². The molecule has 0 atom stereocenters. The highest BCUT2D eigenvalue weighted by Gasteiger charge is 2.13. The minimum atomic E-state index is -0.445. The van der Waals surface area contributed by atoms with Crippen LogP contribution in [0.25, 0.3) is 0 Å². The molecule has 0 aliphatic rings. The quantitative estimate of drug-likeness (QED) is 0.818. The van der Waals surface area contributed by atoms with Gasteiger partial charge in [0.1, 0.15) is 5.75 Å². The molecule has 0 saturated heterocycles. The van der Waals surface area contributed by atoms with Crippen molar-refractivity contribution in [1.82, 2.24) is 4.98 Å². The molecule has 0 aliphatic heterocycles. The SMILES string of the molecule is Cc1cnc(Cl)c(NC(=O)c2ccc(Br)cc2O)c1. The molecule has 2 rings (SSSR count). The van der Waals surface area contributed by atoms with Gasteiger partial charge >= 0.3 is 0 Å². The summed E-state index contributed by atoms with van der Waals surface area (Å²) in [6, 6.07) is 6.35. The Balaban J connectivity index is 2.28. The van der Waals surface area contributed by atoms with Gasteiger partial charge in [0.05, 0.1) is 11.3 Å². The van der Waals surface area contributed by atoms with Crippen molar-refractivity contribution in [2.75, 3.05) is 5.32 Å². The number of aromatic nitrogens is 1. The van der Waals surface area contributed by atoms with Crippen molar-refractivity contribution < 1.29 is 9.90 Å². The Labute approximate surface area is 123 Å². The highest BCUT2D eigenvalue weighted by Crippen LogP contribution is 2.25. The van der Waals surface area contributed by atoms with E-state index in [9.17, 15) is 9.90 Å². The number of hydrogen-bond acceptors (Lipinski definition) is 3. The topological polar surface area (TPSA) is 62.2 Å². The fraction of sp³-hybridized carbons (Fsp3) is 0.0769. The predicted octanol–water partition coefficient (Wildman–Crippen LogP) is 3.76.